The molecule has 2 N–H and O–H groups in total. The maximum absolute atomic E-state index is 11.0. The van der Waals surface area contributed by atoms with Gasteiger partial charge in [0.1, 0.15) is 14.2 Å². The first-order valence-corrected chi connectivity index (χ1v) is 9.62. The molecule has 0 amide bonds. The van der Waals surface area contributed by atoms with Gasteiger partial charge in [0.15, 0.2) is 0 Å². The van der Waals surface area contributed by atoms with Crippen molar-refractivity contribution in [3.8, 4) is 0 Å². The number of rotatable bonds is 10. The maximum Gasteiger partial charge on any atom is 0.331 e. The molecule has 6 nitrogen and oxygen atoms in total. The Morgan fingerprint density at radius 1 is 1.15 bits per heavy atom. The van der Waals surface area contributed by atoms with Gasteiger partial charge in [0, 0.05) is 31.3 Å². The van der Waals surface area contributed by atoms with E-state index in [9.17, 15) is 9.59 Å². The summed E-state index contributed by atoms with van der Waals surface area (Å²) in [5.41, 5.74) is -0.896. The first-order valence-electron chi connectivity index (χ1n) is 6.73. The van der Waals surface area contributed by atoms with Gasteiger partial charge in [-0.1, -0.05) is 13.1 Å². The Hall–Kier alpha value is -1.18. The molecule has 0 aliphatic carbocycles. The maximum atomic E-state index is 11.0. The van der Waals surface area contributed by atoms with E-state index in [-0.39, 0.29) is 12.0 Å². The van der Waals surface area contributed by atoms with Crippen LogP contribution in [0.5, 0.6) is 0 Å². The van der Waals surface area contributed by atoms with Crippen LogP contribution in [0.1, 0.15) is 26.7 Å². The normalized spacial score (nSPS) is 12.8. The lowest BCUT2D eigenvalue weighted by Gasteiger charge is -2.36. The predicted molar refractivity (Wildman–Crippen MR) is 77.4 cm³/mol. The lowest BCUT2D eigenvalue weighted by Crippen LogP contribution is -2.48. The summed E-state index contributed by atoms with van der Waals surface area (Å²) < 4.78 is 11.5. The van der Waals surface area contributed by atoms with Crippen LogP contribution in [0.15, 0.2) is 11.6 Å². The summed E-state index contributed by atoms with van der Waals surface area (Å²) in [6.07, 6.45) is 1.18. The molecule has 0 aliphatic heterocycles. The van der Waals surface area contributed by atoms with E-state index in [0.29, 0.717) is 19.6 Å². The van der Waals surface area contributed by atoms with Crippen molar-refractivity contribution in [3.05, 3.63) is 11.6 Å². The van der Waals surface area contributed by atoms with E-state index >= 15 is 0 Å². The van der Waals surface area contributed by atoms with E-state index in [4.69, 9.17) is 19.7 Å². The van der Waals surface area contributed by atoms with Crippen molar-refractivity contribution >= 4 is 20.7 Å². The zero-order valence-corrected chi connectivity index (χ0v) is 13.7. The molecule has 7 heteroatoms. The highest BCUT2D eigenvalue weighted by atomic mass is 28.3. The second-order valence-electron chi connectivity index (χ2n) is 4.65. The Morgan fingerprint density at radius 2 is 1.65 bits per heavy atom. The van der Waals surface area contributed by atoms with Gasteiger partial charge in [0.2, 0.25) is 0 Å². The number of hydrogen-bond acceptors (Lipinski definition) is 4. The van der Waals surface area contributed by atoms with E-state index in [0.717, 1.165) is 6.08 Å². The smallest absolute Gasteiger partial charge is 0.331 e. The summed E-state index contributed by atoms with van der Waals surface area (Å²) in [5.74, 6) is -2.48. The molecule has 0 heterocycles. The van der Waals surface area contributed by atoms with Crippen molar-refractivity contribution < 1.29 is 29.3 Å². The van der Waals surface area contributed by atoms with Crippen molar-refractivity contribution in [2.75, 3.05) is 13.2 Å². The predicted octanol–water partition coefficient (Wildman–Crippen LogP) is 1.66. The molecule has 0 aromatic carbocycles. The molecule has 20 heavy (non-hydrogen) atoms. The second kappa shape index (κ2) is 8.88. The summed E-state index contributed by atoms with van der Waals surface area (Å²) in [4.78, 5) is 21.7. The van der Waals surface area contributed by atoms with Gasteiger partial charge in [0.25, 0.3) is 0 Å². The highest BCUT2D eigenvalue weighted by Crippen LogP contribution is 2.26. The van der Waals surface area contributed by atoms with Crippen LogP contribution in [0.3, 0.4) is 0 Å². The van der Waals surface area contributed by atoms with Gasteiger partial charge in [-0.25, -0.2) is 9.59 Å². The lowest BCUT2D eigenvalue weighted by atomic mass is 10.1. The quantitative estimate of drug-likeness (QED) is 0.362. The van der Waals surface area contributed by atoms with E-state index in [1.807, 2.05) is 13.8 Å². The van der Waals surface area contributed by atoms with Gasteiger partial charge in [-0.15, -0.1) is 0 Å². The minimum Gasteiger partial charge on any atom is -0.478 e. The molecule has 0 atom stereocenters. The van der Waals surface area contributed by atoms with Crippen LogP contribution < -0.4 is 0 Å². The number of aliphatic carboxylic acids is 2. The van der Waals surface area contributed by atoms with Crippen molar-refractivity contribution in [2.24, 2.45) is 0 Å². The summed E-state index contributed by atoms with van der Waals surface area (Å²) in [5, 5.41) is 17.7. The minimum absolute atomic E-state index is 0.104. The number of ether oxygens (including phenoxy) is 2. The lowest BCUT2D eigenvalue weighted by molar-refractivity contribution is -0.181. The van der Waals surface area contributed by atoms with E-state index in [1.54, 1.807) is 0 Å². The molecule has 0 aromatic heterocycles. The molecule has 0 saturated heterocycles. The van der Waals surface area contributed by atoms with Crippen LogP contribution in [-0.4, -0.2) is 49.6 Å². The Labute approximate surface area is 121 Å². The Bertz CT molecular complexity index is 358. The van der Waals surface area contributed by atoms with Crippen LogP contribution in [0.4, 0.5) is 0 Å². The first-order chi connectivity index (χ1) is 9.29. The highest BCUT2D eigenvalue weighted by Gasteiger charge is 2.36. The van der Waals surface area contributed by atoms with E-state index < -0.39 is 26.1 Å². The van der Waals surface area contributed by atoms with Gasteiger partial charge >= 0.3 is 11.9 Å². The average Bonchev–Trinajstić information content (AvgIpc) is 2.33. The fourth-order valence-electron chi connectivity index (χ4n) is 2.00. The summed E-state index contributed by atoms with van der Waals surface area (Å²) in [6, 6.07) is 0. The standard InChI is InChI=1S/C13H24O6Si/c1-5-18-13(19-6-2,20(3)4)8-7-10(12(16)17)9-11(14)15/h9,20H,5-8H2,1-4H3,(H,14,15)(H,16,17)/b10-9-. The SMILES string of the molecule is CCOC(CC/C(=C/C(=O)O)C(=O)O)(OCC)[SiH](C)C. The Balaban J connectivity index is 5.06. The van der Waals surface area contributed by atoms with Gasteiger partial charge in [-0.05, 0) is 20.3 Å². The molecule has 0 unspecified atom stereocenters. The molecule has 0 bridgehead atoms. The summed E-state index contributed by atoms with van der Waals surface area (Å²) in [6.45, 7) is 8.78. The first kappa shape index (κ1) is 18.8. The minimum atomic E-state index is -1.39. The number of carboxylic acids is 2. The molecule has 0 rings (SSSR count). The molecule has 0 aliphatic rings. The van der Waals surface area contributed by atoms with Crippen LogP contribution in [-0.2, 0) is 19.1 Å². The Morgan fingerprint density at radius 3 is 1.95 bits per heavy atom. The number of hydrogen-bond donors (Lipinski definition) is 2. The van der Waals surface area contributed by atoms with Gasteiger partial charge < -0.3 is 19.7 Å². The highest BCUT2D eigenvalue weighted by molar-refractivity contribution is 6.58. The van der Waals surface area contributed by atoms with Crippen LogP contribution in [0.25, 0.3) is 0 Å². The van der Waals surface area contributed by atoms with Gasteiger partial charge in [-0.2, -0.15) is 0 Å². The monoisotopic (exact) mass is 304 g/mol. The van der Waals surface area contributed by atoms with E-state index in [2.05, 4.69) is 13.1 Å². The third kappa shape index (κ3) is 5.85. The van der Waals surface area contributed by atoms with Crippen LogP contribution >= 0.6 is 0 Å². The van der Waals surface area contributed by atoms with E-state index in [1.165, 1.54) is 0 Å². The number of carboxylic acid groups (broad SMARTS) is 2. The van der Waals surface area contributed by atoms with Crippen LogP contribution in [0.2, 0.25) is 13.1 Å². The third-order valence-electron chi connectivity index (χ3n) is 2.97. The second-order valence-corrected chi connectivity index (χ2v) is 7.83. The zero-order valence-electron chi connectivity index (χ0n) is 12.5. The summed E-state index contributed by atoms with van der Waals surface area (Å²) in [7, 11) is -1.39. The van der Waals surface area contributed by atoms with Crippen molar-refractivity contribution in [3.63, 3.8) is 0 Å². The number of carbonyl (C=O) groups is 2. The fraction of sp³-hybridized carbons (Fsp3) is 0.692. The molecule has 116 valence electrons. The average molecular weight is 304 g/mol. The molecule has 0 aromatic rings. The molecular weight excluding hydrogens is 280 g/mol. The van der Waals surface area contributed by atoms with Crippen molar-refractivity contribution in [2.45, 2.75) is 45.2 Å². The zero-order chi connectivity index (χ0) is 15.8. The molecule has 0 spiro atoms. The Kier molecular flexibility index (Phi) is 8.36. The molecular formula is C13H24O6Si. The molecule has 0 fully saturated rings. The molecule has 0 radical (unpaired) electrons. The van der Waals surface area contributed by atoms with Crippen molar-refractivity contribution in [1.82, 2.24) is 0 Å². The van der Waals surface area contributed by atoms with Crippen LogP contribution in [0, 0.1) is 0 Å². The summed E-state index contributed by atoms with van der Waals surface area (Å²) >= 11 is 0. The van der Waals surface area contributed by atoms with Crippen molar-refractivity contribution in [1.29, 1.82) is 0 Å². The fourth-order valence-corrected chi connectivity index (χ4v) is 3.72. The molecule has 0 saturated carbocycles. The topological polar surface area (TPSA) is 93.1 Å². The van der Waals surface area contributed by atoms with Gasteiger partial charge in [-0.3, -0.25) is 0 Å². The van der Waals surface area contributed by atoms with Gasteiger partial charge in [0.05, 0.1) is 0 Å². The largest absolute Gasteiger partial charge is 0.478 e. The third-order valence-corrected chi connectivity index (χ3v) is 5.35.